The highest BCUT2D eigenvalue weighted by Crippen LogP contribution is 2.48. The third-order valence-electron chi connectivity index (χ3n) is 7.84. The lowest BCUT2D eigenvalue weighted by atomic mass is 9.92. The second-order valence-corrected chi connectivity index (χ2v) is 14.6. The number of nitriles is 1. The Morgan fingerprint density at radius 2 is 1.42 bits per heavy atom. The highest BCUT2D eigenvalue weighted by molar-refractivity contribution is 7.90. The minimum atomic E-state index is -4.60. The smallest absolute Gasteiger partial charge is 0.237 e. The molecule has 0 saturated carbocycles. The van der Waals surface area contributed by atoms with Crippen molar-refractivity contribution in [2.75, 3.05) is 6.26 Å². The van der Waals surface area contributed by atoms with Crippen molar-refractivity contribution < 1.29 is 30.0 Å². The highest BCUT2D eigenvalue weighted by atomic mass is 32.2. The van der Waals surface area contributed by atoms with Crippen LogP contribution in [0.15, 0.2) is 119 Å². The molecule has 0 atom stereocenters. The van der Waals surface area contributed by atoms with Crippen LogP contribution in [0.1, 0.15) is 17.6 Å². The van der Waals surface area contributed by atoms with Gasteiger partial charge in [-0.2, -0.15) is 5.26 Å². The number of benzene rings is 5. The number of aromatic nitrogens is 1. The summed E-state index contributed by atoms with van der Waals surface area (Å²) in [6.07, 6.45) is -1.74. The van der Waals surface area contributed by atoms with E-state index in [2.05, 4.69) is 10.9 Å². The van der Waals surface area contributed by atoms with Crippen molar-refractivity contribution in [3.05, 3.63) is 138 Å². The summed E-state index contributed by atoms with van der Waals surface area (Å²) in [7, 11) is -8.07. The quantitative estimate of drug-likeness (QED) is 0.157. The fourth-order valence-electron chi connectivity index (χ4n) is 5.62. The Morgan fingerprint density at radius 3 is 2.04 bits per heavy atom. The van der Waals surface area contributed by atoms with Crippen molar-refractivity contribution >= 4 is 36.5 Å². The zero-order chi connectivity index (χ0) is 34.4. The number of hydrogen-bond donors (Lipinski definition) is 0. The molecule has 0 bridgehead atoms. The molecule has 48 heavy (non-hydrogen) atoms. The largest absolute Gasteiger partial charge is 0.268 e. The molecular formula is C36H22F3N3O4S2. The molecule has 12 heteroatoms. The van der Waals surface area contributed by atoms with Gasteiger partial charge >= 0.3 is 0 Å². The van der Waals surface area contributed by atoms with Gasteiger partial charge < -0.3 is 0 Å². The zero-order valence-electron chi connectivity index (χ0n) is 24.9. The summed E-state index contributed by atoms with van der Waals surface area (Å²) in [5, 5.41) is 10.2. The van der Waals surface area contributed by atoms with Gasteiger partial charge in [-0.15, -0.1) is 0 Å². The number of sulfone groups is 1. The van der Waals surface area contributed by atoms with E-state index in [1.807, 2.05) is 0 Å². The van der Waals surface area contributed by atoms with Crippen LogP contribution < -0.4 is 0 Å². The molecule has 6 rings (SSSR count). The standard InChI is InChI=1S/C36H22F3N3O4S2/c1-41-31-8-4-7-26(21-40)33(31)34-30-20-27(37)13-18-32(30)42(48(45,46)29-16-11-23(12-17-29)36(38)39)35(34)25-6-3-5-24(19-25)22-9-14-28(15-10-22)47(2,43)44/h3-20,36H,2H3. The van der Waals surface area contributed by atoms with E-state index in [-0.39, 0.29) is 54.3 Å². The molecule has 238 valence electrons. The van der Waals surface area contributed by atoms with E-state index in [0.29, 0.717) is 16.7 Å². The molecule has 0 spiro atoms. The minimum Gasteiger partial charge on any atom is -0.237 e. The van der Waals surface area contributed by atoms with Gasteiger partial charge in [-0.3, -0.25) is 0 Å². The van der Waals surface area contributed by atoms with Crippen LogP contribution >= 0.6 is 0 Å². The predicted molar refractivity (Wildman–Crippen MR) is 176 cm³/mol. The van der Waals surface area contributed by atoms with Gasteiger partial charge in [-0.1, -0.05) is 54.6 Å². The van der Waals surface area contributed by atoms with Crippen LogP contribution in [0.3, 0.4) is 0 Å². The number of nitrogens with zero attached hydrogens (tertiary/aromatic N) is 3. The topological polar surface area (TPSA) is 101 Å². The number of rotatable bonds is 7. The first-order valence-corrected chi connectivity index (χ1v) is 17.5. The first kappa shape index (κ1) is 32.3. The maximum Gasteiger partial charge on any atom is 0.268 e. The van der Waals surface area contributed by atoms with Gasteiger partial charge in [0.1, 0.15) is 5.82 Å². The molecule has 0 N–H and O–H groups in total. The van der Waals surface area contributed by atoms with Crippen molar-refractivity contribution in [1.82, 2.24) is 3.97 Å². The first-order valence-electron chi connectivity index (χ1n) is 14.1. The molecule has 0 aliphatic rings. The van der Waals surface area contributed by atoms with Crippen molar-refractivity contribution in [3.8, 4) is 39.6 Å². The minimum absolute atomic E-state index is 0.00394. The number of fused-ring (bicyclic) bond motifs is 1. The maximum absolute atomic E-state index is 15.0. The highest BCUT2D eigenvalue weighted by Gasteiger charge is 2.31. The normalized spacial score (nSPS) is 11.8. The molecule has 6 aromatic rings. The van der Waals surface area contributed by atoms with Crippen LogP contribution in [0.25, 0.3) is 49.3 Å². The average Bonchev–Trinajstić information content (AvgIpc) is 3.42. The van der Waals surface area contributed by atoms with Gasteiger partial charge in [0.2, 0.25) is 0 Å². The summed E-state index contributed by atoms with van der Waals surface area (Å²) in [4.78, 5) is 3.38. The average molecular weight is 682 g/mol. The predicted octanol–water partition coefficient (Wildman–Crippen LogP) is 8.78. The van der Waals surface area contributed by atoms with Gasteiger partial charge in [0.25, 0.3) is 16.4 Å². The lowest BCUT2D eigenvalue weighted by Crippen LogP contribution is -2.14. The van der Waals surface area contributed by atoms with Gasteiger partial charge in [-0.25, -0.2) is 38.8 Å². The molecule has 0 aliphatic carbocycles. The van der Waals surface area contributed by atoms with E-state index in [0.717, 1.165) is 46.6 Å². The van der Waals surface area contributed by atoms with Crippen molar-refractivity contribution in [3.63, 3.8) is 0 Å². The zero-order valence-corrected chi connectivity index (χ0v) is 26.5. The second kappa shape index (κ2) is 12.2. The summed E-state index contributed by atoms with van der Waals surface area (Å²) in [5.41, 5.74) is 1.35. The van der Waals surface area contributed by atoms with Crippen LogP contribution in [0.2, 0.25) is 0 Å². The Kier molecular flexibility index (Phi) is 8.17. The van der Waals surface area contributed by atoms with Crippen molar-refractivity contribution in [1.29, 1.82) is 5.26 Å². The Hall–Kier alpha value is -5.69. The van der Waals surface area contributed by atoms with Crippen LogP contribution in [-0.2, 0) is 19.9 Å². The molecule has 5 aromatic carbocycles. The lowest BCUT2D eigenvalue weighted by Gasteiger charge is -2.16. The SMILES string of the molecule is [C-]#[N+]c1cccc(C#N)c1-c1c(-c2cccc(-c3ccc(S(C)(=O)=O)cc3)c2)n(S(=O)(=O)c2ccc(C(F)F)cc2)c2ccc(F)cc12. The number of halogens is 3. The van der Waals surface area contributed by atoms with Crippen LogP contribution in [0, 0.1) is 23.7 Å². The summed E-state index contributed by atoms with van der Waals surface area (Å²) in [5.74, 6) is -0.704. The molecule has 0 aliphatic heterocycles. The maximum atomic E-state index is 15.0. The van der Waals surface area contributed by atoms with E-state index >= 15 is 0 Å². The van der Waals surface area contributed by atoms with Crippen molar-refractivity contribution in [2.45, 2.75) is 16.2 Å². The van der Waals surface area contributed by atoms with E-state index < -0.39 is 32.1 Å². The first-order chi connectivity index (χ1) is 22.8. The van der Waals surface area contributed by atoms with Gasteiger partial charge in [0, 0.05) is 39.5 Å². The number of hydrogen-bond acceptors (Lipinski definition) is 5. The summed E-state index contributed by atoms with van der Waals surface area (Å²) in [6, 6.07) is 26.8. The van der Waals surface area contributed by atoms with Crippen molar-refractivity contribution in [2.24, 2.45) is 0 Å². The third-order valence-corrected chi connectivity index (χ3v) is 10.7. The van der Waals surface area contributed by atoms with E-state index in [1.54, 1.807) is 36.4 Å². The van der Waals surface area contributed by atoms with E-state index in [1.165, 1.54) is 36.4 Å². The lowest BCUT2D eigenvalue weighted by molar-refractivity contribution is 0.151. The van der Waals surface area contributed by atoms with E-state index in [4.69, 9.17) is 6.57 Å². The van der Waals surface area contributed by atoms with Gasteiger partial charge in [-0.05, 0) is 65.7 Å². The summed E-state index contributed by atoms with van der Waals surface area (Å²) >= 11 is 0. The van der Waals surface area contributed by atoms with Gasteiger partial charge in [0.05, 0.1) is 33.6 Å². The molecule has 0 unspecified atom stereocenters. The summed E-state index contributed by atoms with van der Waals surface area (Å²) < 4.78 is 95.9. The Labute approximate surface area is 274 Å². The fourth-order valence-corrected chi connectivity index (χ4v) is 7.80. The Balaban J connectivity index is 1.74. The number of alkyl halides is 2. The molecule has 0 amide bonds. The summed E-state index contributed by atoms with van der Waals surface area (Å²) in [6.45, 7) is 7.87. The molecule has 0 radical (unpaired) electrons. The van der Waals surface area contributed by atoms with Crippen LogP contribution in [0.5, 0.6) is 0 Å². The molecule has 1 aromatic heterocycles. The molecule has 7 nitrogen and oxygen atoms in total. The van der Waals surface area contributed by atoms with E-state index in [9.17, 15) is 35.3 Å². The van der Waals surface area contributed by atoms with Gasteiger partial charge in [0.15, 0.2) is 15.5 Å². The second-order valence-electron chi connectivity index (χ2n) is 10.8. The Morgan fingerprint density at radius 1 is 0.771 bits per heavy atom. The molecular weight excluding hydrogens is 660 g/mol. The molecule has 0 fully saturated rings. The van der Waals surface area contributed by atoms with Crippen LogP contribution in [0.4, 0.5) is 18.9 Å². The third kappa shape index (κ3) is 5.62. The molecule has 1 heterocycles. The monoisotopic (exact) mass is 681 g/mol. The Bertz CT molecular complexity index is 2520. The molecule has 0 saturated heterocycles. The fraction of sp³-hybridized carbons (Fsp3) is 0.0556. The van der Waals surface area contributed by atoms with Crippen LogP contribution in [-0.4, -0.2) is 27.1 Å².